The Labute approximate surface area is 167 Å². The number of rotatable bonds is 8. The molecule has 136 valence electrons. The molecule has 0 radical (unpaired) electrons. The van der Waals surface area contributed by atoms with E-state index in [1.807, 2.05) is 42.5 Å². The molecule has 0 heterocycles. The van der Waals surface area contributed by atoms with Gasteiger partial charge in [-0.1, -0.05) is 36.4 Å². The molecule has 0 bridgehead atoms. The Morgan fingerprint density at radius 3 is 2.77 bits per heavy atom. The van der Waals surface area contributed by atoms with Crippen LogP contribution in [0.3, 0.4) is 0 Å². The van der Waals surface area contributed by atoms with Gasteiger partial charge in [-0.05, 0) is 51.4 Å². The topological polar surface area (TPSA) is 54.9 Å². The van der Waals surface area contributed by atoms with Gasteiger partial charge in [0, 0.05) is 6.54 Å². The highest BCUT2D eigenvalue weighted by Gasteiger charge is 2.11. The van der Waals surface area contributed by atoms with Crippen LogP contribution >= 0.6 is 28.1 Å². The Morgan fingerprint density at radius 1 is 1.31 bits per heavy atom. The van der Waals surface area contributed by atoms with Gasteiger partial charge in [-0.15, -0.1) is 6.58 Å². The fourth-order valence-corrected chi connectivity index (χ4v) is 2.76. The summed E-state index contributed by atoms with van der Waals surface area (Å²) in [5.74, 6) is 1.26. The number of halogens is 1. The Balaban J connectivity index is 2.05. The van der Waals surface area contributed by atoms with Crippen LogP contribution in [0.2, 0.25) is 0 Å². The second-order valence-corrected chi connectivity index (χ2v) is 6.44. The summed E-state index contributed by atoms with van der Waals surface area (Å²) < 4.78 is 12.1. The molecule has 2 aromatic rings. The third-order valence-corrected chi connectivity index (χ3v) is 4.09. The van der Waals surface area contributed by atoms with Crippen molar-refractivity contribution in [2.75, 3.05) is 13.7 Å². The maximum Gasteiger partial charge on any atom is 0.187 e. The molecule has 0 amide bonds. The highest BCUT2D eigenvalue weighted by molar-refractivity contribution is 9.10. The zero-order chi connectivity index (χ0) is 18.8. The smallest absolute Gasteiger partial charge is 0.187 e. The monoisotopic (exact) mass is 433 g/mol. The molecule has 2 N–H and O–H groups in total. The van der Waals surface area contributed by atoms with Gasteiger partial charge in [0.25, 0.3) is 0 Å². The summed E-state index contributed by atoms with van der Waals surface area (Å²) in [4.78, 5) is 0. The first-order valence-electron chi connectivity index (χ1n) is 7.86. The molecule has 0 aliphatic carbocycles. The van der Waals surface area contributed by atoms with Crippen molar-refractivity contribution in [2.24, 2.45) is 5.10 Å². The van der Waals surface area contributed by atoms with Gasteiger partial charge >= 0.3 is 0 Å². The fourth-order valence-electron chi connectivity index (χ4n) is 2.05. The number of hydrogen-bond acceptors (Lipinski definition) is 4. The molecule has 0 spiro atoms. The SMILES string of the molecule is C=CCNC(=S)NN=Cc1cc(Br)c(OCc2ccccc2)c(OC)c1. The van der Waals surface area contributed by atoms with Crippen molar-refractivity contribution in [3.05, 3.63) is 70.7 Å². The number of methoxy groups -OCH3 is 1. The minimum Gasteiger partial charge on any atom is -0.493 e. The van der Waals surface area contributed by atoms with Gasteiger partial charge in [0.15, 0.2) is 16.6 Å². The van der Waals surface area contributed by atoms with Gasteiger partial charge < -0.3 is 14.8 Å². The number of nitrogens with zero attached hydrogens (tertiary/aromatic N) is 1. The number of thiocarbonyl (C=S) groups is 1. The normalized spacial score (nSPS) is 10.4. The quantitative estimate of drug-likeness (QED) is 0.285. The first kappa shape index (κ1) is 19.9. The van der Waals surface area contributed by atoms with Crippen molar-refractivity contribution in [1.29, 1.82) is 0 Å². The second-order valence-electron chi connectivity index (χ2n) is 5.18. The third kappa shape index (κ3) is 6.16. The summed E-state index contributed by atoms with van der Waals surface area (Å²) >= 11 is 8.60. The highest BCUT2D eigenvalue weighted by atomic mass is 79.9. The van der Waals surface area contributed by atoms with Gasteiger partial charge in [-0.25, -0.2) is 0 Å². The molecule has 0 fully saturated rings. The van der Waals surface area contributed by atoms with Crippen LogP contribution in [0.4, 0.5) is 0 Å². The Kier molecular flexibility index (Phi) is 8.11. The number of nitrogens with one attached hydrogen (secondary N) is 2. The second kappa shape index (κ2) is 10.6. The highest BCUT2D eigenvalue weighted by Crippen LogP contribution is 2.36. The average Bonchev–Trinajstić information content (AvgIpc) is 2.66. The average molecular weight is 434 g/mol. The molecule has 26 heavy (non-hydrogen) atoms. The molecule has 0 aliphatic rings. The van der Waals surface area contributed by atoms with Crippen molar-refractivity contribution in [3.63, 3.8) is 0 Å². The van der Waals surface area contributed by atoms with Gasteiger partial charge in [0.1, 0.15) is 6.61 Å². The molecule has 2 aromatic carbocycles. The number of hydrazone groups is 1. The van der Waals surface area contributed by atoms with E-state index in [1.54, 1.807) is 19.4 Å². The molecular weight excluding hydrogens is 414 g/mol. The zero-order valence-electron chi connectivity index (χ0n) is 14.4. The summed E-state index contributed by atoms with van der Waals surface area (Å²) in [7, 11) is 1.60. The molecule has 0 saturated heterocycles. The van der Waals surface area contributed by atoms with Crippen LogP contribution in [0.25, 0.3) is 0 Å². The number of hydrogen-bond donors (Lipinski definition) is 2. The third-order valence-electron chi connectivity index (χ3n) is 3.26. The molecule has 0 aliphatic heterocycles. The first-order chi connectivity index (χ1) is 12.6. The van der Waals surface area contributed by atoms with Crippen LogP contribution in [0.1, 0.15) is 11.1 Å². The van der Waals surface area contributed by atoms with E-state index >= 15 is 0 Å². The summed E-state index contributed by atoms with van der Waals surface area (Å²) in [6.45, 7) is 4.64. The predicted octanol–water partition coefficient (Wildman–Crippen LogP) is 4.02. The zero-order valence-corrected chi connectivity index (χ0v) is 16.8. The van der Waals surface area contributed by atoms with Crippen molar-refractivity contribution in [3.8, 4) is 11.5 Å². The van der Waals surface area contributed by atoms with Crippen LogP contribution in [-0.2, 0) is 6.61 Å². The summed E-state index contributed by atoms with van der Waals surface area (Å²) in [6, 6.07) is 13.7. The van der Waals surface area contributed by atoms with Gasteiger partial charge in [0.05, 0.1) is 17.8 Å². The van der Waals surface area contributed by atoms with E-state index in [-0.39, 0.29) is 0 Å². The summed E-state index contributed by atoms with van der Waals surface area (Å²) in [5, 5.41) is 7.46. The van der Waals surface area contributed by atoms with Crippen LogP contribution in [0.15, 0.2) is 64.7 Å². The lowest BCUT2D eigenvalue weighted by Crippen LogP contribution is -2.31. The molecular formula is C19H20BrN3O2S. The van der Waals surface area contributed by atoms with E-state index in [1.165, 1.54) is 0 Å². The fraction of sp³-hybridized carbons (Fsp3) is 0.158. The minimum absolute atomic E-state index is 0.426. The van der Waals surface area contributed by atoms with Crippen LogP contribution in [0, 0.1) is 0 Å². The molecule has 0 atom stereocenters. The maximum atomic E-state index is 5.91. The van der Waals surface area contributed by atoms with E-state index in [4.69, 9.17) is 21.7 Å². The Bertz CT molecular complexity index is 782. The Morgan fingerprint density at radius 2 is 2.08 bits per heavy atom. The van der Waals surface area contributed by atoms with Gasteiger partial charge in [-0.3, -0.25) is 5.43 Å². The van der Waals surface area contributed by atoms with Crippen molar-refractivity contribution in [2.45, 2.75) is 6.61 Å². The first-order valence-corrected chi connectivity index (χ1v) is 9.06. The maximum absolute atomic E-state index is 5.91. The van der Waals surface area contributed by atoms with Crippen LogP contribution in [0.5, 0.6) is 11.5 Å². The summed E-state index contributed by atoms with van der Waals surface area (Å²) in [6.07, 6.45) is 3.37. The van der Waals surface area contributed by atoms with Gasteiger partial charge in [0.2, 0.25) is 0 Å². The van der Waals surface area contributed by atoms with Crippen molar-refractivity contribution in [1.82, 2.24) is 10.7 Å². The molecule has 0 unspecified atom stereocenters. The van der Waals surface area contributed by atoms with Crippen molar-refractivity contribution >= 4 is 39.5 Å². The van der Waals surface area contributed by atoms with E-state index < -0.39 is 0 Å². The lowest BCUT2D eigenvalue weighted by atomic mass is 10.2. The predicted molar refractivity (Wildman–Crippen MR) is 113 cm³/mol. The van der Waals surface area contributed by atoms with Crippen molar-refractivity contribution < 1.29 is 9.47 Å². The minimum atomic E-state index is 0.426. The molecule has 2 rings (SSSR count). The van der Waals surface area contributed by atoms with Crippen LogP contribution in [-0.4, -0.2) is 25.0 Å². The van der Waals surface area contributed by atoms with Crippen LogP contribution < -0.4 is 20.2 Å². The lowest BCUT2D eigenvalue weighted by molar-refractivity contribution is 0.282. The van der Waals surface area contributed by atoms with E-state index in [0.29, 0.717) is 29.8 Å². The summed E-state index contributed by atoms with van der Waals surface area (Å²) in [5.41, 5.74) is 4.65. The lowest BCUT2D eigenvalue weighted by Gasteiger charge is -2.13. The van der Waals surface area contributed by atoms with E-state index in [0.717, 1.165) is 15.6 Å². The molecule has 5 nitrogen and oxygen atoms in total. The Hall–Kier alpha value is -2.38. The van der Waals surface area contributed by atoms with E-state index in [9.17, 15) is 0 Å². The standard InChI is InChI=1S/C19H20BrN3O2S/c1-3-9-21-19(26)23-22-12-15-10-16(20)18(17(11-15)24-2)25-13-14-7-5-4-6-8-14/h3-8,10-12H,1,9,13H2,2H3,(H2,21,23,26). The number of benzene rings is 2. The largest absolute Gasteiger partial charge is 0.493 e. The molecule has 0 saturated carbocycles. The van der Waals surface area contributed by atoms with E-state index in [2.05, 4.69) is 38.4 Å². The molecule has 0 aromatic heterocycles. The number of ether oxygens (including phenoxy) is 2. The molecule has 7 heteroatoms. The van der Waals surface area contributed by atoms with Gasteiger partial charge in [-0.2, -0.15) is 5.10 Å².